The standard InChI is InChI=1S/C18H15Cl2N5O4/c1-28-10-6-7-14(29-2)13(8-10)24-18-16(25(26)27)17(21-9-22-18)23-12-5-3-4-11(19)15(12)20/h3-9H,1-2H3,(H2,21,22,23,24). The van der Waals surface area contributed by atoms with Gasteiger partial charge in [0.15, 0.2) is 0 Å². The van der Waals surface area contributed by atoms with Crippen LogP contribution in [0.25, 0.3) is 0 Å². The number of rotatable bonds is 7. The zero-order chi connectivity index (χ0) is 21.0. The Balaban J connectivity index is 2.04. The average molecular weight is 436 g/mol. The maximum Gasteiger partial charge on any atom is 0.353 e. The molecule has 0 bridgehead atoms. The van der Waals surface area contributed by atoms with E-state index in [1.807, 2.05) is 0 Å². The van der Waals surface area contributed by atoms with Crippen LogP contribution in [0.15, 0.2) is 42.7 Å². The summed E-state index contributed by atoms with van der Waals surface area (Å²) in [5.74, 6) is 0.885. The van der Waals surface area contributed by atoms with E-state index in [0.717, 1.165) is 0 Å². The number of nitro groups is 1. The Morgan fingerprint density at radius 3 is 2.31 bits per heavy atom. The molecule has 0 saturated carbocycles. The number of ether oxygens (including phenoxy) is 2. The maximum absolute atomic E-state index is 11.8. The highest BCUT2D eigenvalue weighted by Gasteiger charge is 2.25. The molecule has 0 saturated heterocycles. The van der Waals surface area contributed by atoms with Crippen molar-refractivity contribution >= 4 is 51.9 Å². The minimum absolute atomic E-state index is 0.0443. The molecule has 3 aromatic rings. The summed E-state index contributed by atoms with van der Waals surface area (Å²) in [6.45, 7) is 0. The van der Waals surface area contributed by atoms with Crippen LogP contribution in [0.2, 0.25) is 10.0 Å². The predicted octanol–water partition coefficient (Wildman–Crippen LogP) is 5.20. The van der Waals surface area contributed by atoms with Gasteiger partial charge in [-0.3, -0.25) is 10.1 Å². The van der Waals surface area contributed by atoms with Gasteiger partial charge in [-0.25, -0.2) is 9.97 Å². The molecule has 1 heterocycles. The van der Waals surface area contributed by atoms with E-state index in [0.29, 0.717) is 27.9 Å². The van der Waals surface area contributed by atoms with Gasteiger partial charge in [0.05, 0.1) is 40.6 Å². The third-order valence-electron chi connectivity index (χ3n) is 3.87. The van der Waals surface area contributed by atoms with Crippen LogP contribution in [0.5, 0.6) is 11.5 Å². The Bertz CT molecular complexity index is 1060. The van der Waals surface area contributed by atoms with Crippen molar-refractivity contribution < 1.29 is 14.4 Å². The van der Waals surface area contributed by atoms with Crippen molar-refractivity contribution in [1.29, 1.82) is 0 Å². The number of methoxy groups -OCH3 is 2. The highest BCUT2D eigenvalue weighted by Crippen LogP contribution is 2.38. The maximum atomic E-state index is 11.8. The predicted molar refractivity (Wildman–Crippen MR) is 111 cm³/mol. The molecule has 0 radical (unpaired) electrons. The summed E-state index contributed by atoms with van der Waals surface area (Å²) in [4.78, 5) is 19.2. The first kappa shape index (κ1) is 20.4. The summed E-state index contributed by atoms with van der Waals surface area (Å²) in [5.41, 5.74) is 0.416. The fourth-order valence-electron chi connectivity index (χ4n) is 2.50. The van der Waals surface area contributed by atoms with Gasteiger partial charge < -0.3 is 20.1 Å². The van der Waals surface area contributed by atoms with Gasteiger partial charge in [-0.2, -0.15) is 0 Å². The van der Waals surface area contributed by atoms with Gasteiger partial charge in [0.1, 0.15) is 17.8 Å². The van der Waals surface area contributed by atoms with E-state index in [4.69, 9.17) is 32.7 Å². The van der Waals surface area contributed by atoms with Crippen molar-refractivity contribution in [3.63, 3.8) is 0 Å². The first-order chi connectivity index (χ1) is 13.9. The third-order valence-corrected chi connectivity index (χ3v) is 4.69. The van der Waals surface area contributed by atoms with E-state index in [1.54, 1.807) is 36.4 Å². The Morgan fingerprint density at radius 1 is 1.00 bits per heavy atom. The molecule has 0 amide bonds. The van der Waals surface area contributed by atoms with Crippen LogP contribution in [0.4, 0.5) is 28.7 Å². The minimum atomic E-state index is -0.601. The molecule has 2 aromatic carbocycles. The van der Waals surface area contributed by atoms with Crippen LogP contribution < -0.4 is 20.1 Å². The summed E-state index contributed by atoms with van der Waals surface area (Å²) in [6, 6.07) is 9.88. The number of nitrogens with one attached hydrogen (secondary N) is 2. The lowest BCUT2D eigenvalue weighted by molar-refractivity contribution is -0.383. The molecule has 0 aliphatic heterocycles. The molecule has 0 aliphatic carbocycles. The van der Waals surface area contributed by atoms with E-state index in [2.05, 4.69) is 20.6 Å². The van der Waals surface area contributed by atoms with E-state index < -0.39 is 4.92 Å². The van der Waals surface area contributed by atoms with Gasteiger partial charge in [0.25, 0.3) is 0 Å². The smallest absolute Gasteiger partial charge is 0.353 e. The molecule has 11 heteroatoms. The van der Waals surface area contributed by atoms with Crippen molar-refractivity contribution in [2.24, 2.45) is 0 Å². The number of hydrogen-bond donors (Lipinski definition) is 2. The van der Waals surface area contributed by atoms with E-state index >= 15 is 0 Å². The zero-order valence-electron chi connectivity index (χ0n) is 15.3. The zero-order valence-corrected chi connectivity index (χ0v) is 16.8. The molecule has 3 rings (SSSR count). The Labute approximate surface area is 175 Å². The largest absolute Gasteiger partial charge is 0.497 e. The summed E-state index contributed by atoms with van der Waals surface area (Å²) >= 11 is 12.2. The normalized spacial score (nSPS) is 10.3. The molecule has 1 aromatic heterocycles. The van der Waals surface area contributed by atoms with Crippen molar-refractivity contribution in [1.82, 2.24) is 9.97 Å². The van der Waals surface area contributed by atoms with Crippen molar-refractivity contribution in [2.45, 2.75) is 0 Å². The van der Waals surface area contributed by atoms with E-state index in [1.165, 1.54) is 20.5 Å². The molecule has 29 heavy (non-hydrogen) atoms. The summed E-state index contributed by atoms with van der Waals surface area (Å²) < 4.78 is 10.5. The number of nitrogens with zero attached hydrogens (tertiary/aromatic N) is 3. The Morgan fingerprint density at radius 2 is 1.69 bits per heavy atom. The summed E-state index contributed by atoms with van der Waals surface area (Å²) in [7, 11) is 2.99. The van der Waals surface area contributed by atoms with Gasteiger partial charge in [-0.05, 0) is 24.3 Å². The van der Waals surface area contributed by atoms with E-state index in [-0.39, 0.29) is 22.3 Å². The van der Waals surface area contributed by atoms with Crippen LogP contribution in [0, 0.1) is 10.1 Å². The minimum Gasteiger partial charge on any atom is -0.497 e. The lowest BCUT2D eigenvalue weighted by Crippen LogP contribution is -2.06. The second-order valence-corrected chi connectivity index (χ2v) is 6.38. The number of benzene rings is 2. The lowest BCUT2D eigenvalue weighted by atomic mass is 10.2. The van der Waals surface area contributed by atoms with Crippen LogP contribution in [-0.2, 0) is 0 Å². The quantitative estimate of drug-likeness (QED) is 0.384. The molecule has 150 valence electrons. The van der Waals surface area contributed by atoms with Gasteiger partial charge in [-0.15, -0.1) is 0 Å². The molecule has 0 fully saturated rings. The monoisotopic (exact) mass is 435 g/mol. The molecular formula is C18H15Cl2N5O4. The number of halogens is 2. The van der Waals surface area contributed by atoms with Crippen molar-refractivity contribution in [3.05, 3.63) is 62.9 Å². The molecule has 0 atom stereocenters. The first-order valence-corrected chi connectivity index (χ1v) is 8.89. The average Bonchev–Trinajstić information content (AvgIpc) is 2.71. The van der Waals surface area contributed by atoms with Crippen LogP contribution >= 0.6 is 23.2 Å². The molecular weight excluding hydrogens is 421 g/mol. The SMILES string of the molecule is COc1ccc(OC)c(Nc2ncnc(Nc3cccc(Cl)c3Cl)c2[N+](=O)[O-])c1. The van der Waals surface area contributed by atoms with Gasteiger partial charge in [-0.1, -0.05) is 29.3 Å². The second kappa shape index (κ2) is 8.80. The molecule has 9 nitrogen and oxygen atoms in total. The van der Waals surface area contributed by atoms with Crippen LogP contribution in [-0.4, -0.2) is 29.1 Å². The Kier molecular flexibility index (Phi) is 6.20. The molecule has 0 aliphatic rings. The van der Waals surface area contributed by atoms with Gasteiger partial charge in [0.2, 0.25) is 11.6 Å². The topological polar surface area (TPSA) is 111 Å². The molecule has 0 unspecified atom stereocenters. The lowest BCUT2D eigenvalue weighted by Gasteiger charge is -2.14. The Hall–Kier alpha value is -3.30. The number of hydrogen-bond acceptors (Lipinski definition) is 8. The summed E-state index contributed by atoms with van der Waals surface area (Å²) in [6.07, 6.45) is 1.18. The molecule has 0 spiro atoms. The number of aromatic nitrogens is 2. The van der Waals surface area contributed by atoms with E-state index in [9.17, 15) is 10.1 Å². The van der Waals surface area contributed by atoms with Crippen molar-refractivity contribution in [2.75, 3.05) is 24.9 Å². The first-order valence-electron chi connectivity index (χ1n) is 8.14. The number of anilines is 4. The highest BCUT2D eigenvalue weighted by atomic mass is 35.5. The van der Waals surface area contributed by atoms with Crippen LogP contribution in [0.3, 0.4) is 0 Å². The van der Waals surface area contributed by atoms with Gasteiger partial charge >= 0.3 is 5.69 Å². The fraction of sp³-hybridized carbons (Fsp3) is 0.111. The highest BCUT2D eigenvalue weighted by molar-refractivity contribution is 6.43. The second-order valence-electron chi connectivity index (χ2n) is 5.59. The van der Waals surface area contributed by atoms with Crippen LogP contribution in [0.1, 0.15) is 0 Å². The van der Waals surface area contributed by atoms with Gasteiger partial charge in [0, 0.05) is 6.07 Å². The molecule has 2 N–H and O–H groups in total. The third kappa shape index (κ3) is 4.41. The van der Waals surface area contributed by atoms with Crippen molar-refractivity contribution in [3.8, 4) is 11.5 Å². The fourth-order valence-corrected chi connectivity index (χ4v) is 2.85. The summed E-state index contributed by atoms with van der Waals surface area (Å²) in [5, 5.41) is 18.0.